The van der Waals surface area contributed by atoms with Crippen LogP contribution in [0, 0.1) is 12.7 Å². The van der Waals surface area contributed by atoms with Gasteiger partial charge in [-0.2, -0.15) is 0 Å². The molecule has 1 heterocycles. The monoisotopic (exact) mass is 278 g/mol. The van der Waals surface area contributed by atoms with Crippen LogP contribution in [0.15, 0.2) is 36.4 Å². The molecule has 0 saturated heterocycles. The van der Waals surface area contributed by atoms with Gasteiger partial charge in [-0.15, -0.1) is 0 Å². The van der Waals surface area contributed by atoms with E-state index in [2.05, 4.69) is 10.3 Å². The lowest BCUT2D eigenvalue weighted by Crippen LogP contribution is -2.24. The van der Waals surface area contributed by atoms with Crippen LogP contribution in [-0.2, 0) is 6.54 Å². The lowest BCUT2D eigenvalue weighted by molar-refractivity contribution is 0.0946. The Hall–Kier alpha value is -1.94. The van der Waals surface area contributed by atoms with Gasteiger partial charge in [-0.05, 0) is 37.3 Å². The predicted octanol–water partition coefficient (Wildman–Crippen LogP) is 3.11. The second-order valence-corrected chi connectivity index (χ2v) is 4.51. The molecule has 0 aliphatic carbocycles. The molecule has 0 saturated carbocycles. The number of halogens is 2. The highest BCUT2D eigenvalue weighted by molar-refractivity contribution is 6.30. The predicted molar refractivity (Wildman–Crippen MR) is 71.6 cm³/mol. The Morgan fingerprint density at radius 2 is 2.16 bits per heavy atom. The molecule has 3 nitrogen and oxygen atoms in total. The van der Waals surface area contributed by atoms with Crippen LogP contribution in [0.2, 0.25) is 5.02 Å². The largest absolute Gasteiger partial charge is 0.346 e. The number of nitrogens with zero attached hydrogens (tertiary/aromatic N) is 1. The second-order valence-electron chi connectivity index (χ2n) is 4.08. The number of pyridine rings is 1. The van der Waals surface area contributed by atoms with E-state index in [1.54, 1.807) is 6.07 Å². The SMILES string of the molecule is Cc1cccc(CNC(=O)c2cc(Cl)ccc2F)n1. The quantitative estimate of drug-likeness (QED) is 0.937. The highest BCUT2D eigenvalue weighted by atomic mass is 35.5. The zero-order valence-electron chi connectivity index (χ0n) is 10.3. The van der Waals surface area contributed by atoms with E-state index in [1.807, 2.05) is 19.1 Å². The molecule has 0 radical (unpaired) electrons. The summed E-state index contributed by atoms with van der Waals surface area (Å²) in [5, 5.41) is 2.93. The van der Waals surface area contributed by atoms with Crippen molar-refractivity contribution in [3.8, 4) is 0 Å². The minimum absolute atomic E-state index is 0.0693. The Balaban J connectivity index is 2.07. The van der Waals surface area contributed by atoms with Crippen molar-refractivity contribution < 1.29 is 9.18 Å². The summed E-state index contributed by atoms with van der Waals surface area (Å²) < 4.78 is 13.5. The van der Waals surface area contributed by atoms with Crippen LogP contribution in [0.25, 0.3) is 0 Å². The summed E-state index contributed by atoms with van der Waals surface area (Å²) in [6.07, 6.45) is 0. The maximum Gasteiger partial charge on any atom is 0.254 e. The molecule has 98 valence electrons. The van der Waals surface area contributed by atoms with Gasteiger partial charge in [0.15, 0.2) is 0 Å². The fourth-order valence-corrected chi connectivity index (χ4v) is 1.81. The molecule has 19 heavy (non-hydrogen) atoms. The van der Waals surface area contributed by atoms with Gasteiger partial charge < -0.3 is 5.32 Å². The van der Waals surface area contributed by atoms with Crippen LogP contribution in [0.4, 0.5) is 4.39 Å². The first-order valence-electron chi connectivity index (χ1n) is 5.72. The van der Waals surface area contributed by atoms with Crippen LogP contribution in [0.5, 0.6) is 0 Å². The average Bonchev–Trinajstić information content (AvgIpc) is 2.39. The topological polar surface area (TPSA) is 42.0 Å². The van der Waals surface area contributed by atoms with Gasteiger partial charge in [-0.25, -0.2) is 4.39 Å². The lowest BCUT2D eigenvalue weighted by atomic mass is 10.2. The highest BCUT2D eigenvalue weighted by Crippen LogP contribution is 2.14. The molecule has 0 aliphatic rings. The number of hydrogen-bond acceptors (Lipinski definition) is 2. The normalized spacial score (nSPS) is 10.3. The number of hydrogen-bond donors (Lipinski definition) is 1. The van der Waals surface area contributed by atoms with Crippen LogP contribution in [0.3, 0.4) is 0 Å². The molecule has 0 aliphatic heterocycles. The summed E-state index contributed by atoms with van der Waals surface area (Å²) in [7, 11) is 0. The van der Waals surface area contributed by atoms with E-state index >= 15 is 0 Å². The molecule has 0 unspecified atom stereocenters. The van der Waals surface area contributed by atoms with Gasteiger partial charge in [0, 0.05) is 10.7 Å². The molecule has 0 spiro atoms. The zero-order valence-corrected chi connectivity index (χ0v) is 11.0. The van der Waals surface area contributed by atoms with Crippen LogP contribution >= 0.6 is 11.6 Å². The summed E-state index contributed by atoms with van der Waals surface area (Å²) in [6.45, 7) is 2.11. The van der Waals surface area contributed by atoms with Gasteiger partial charge in [0.1, 0.15) is 5.82 Å². The Morgan fingerprint density at radius 3 is 2.89 bits per heavy atom. The third-order valence-electron chi connectivity index (χ3n) is 2.55. The minimum Gasteiger partial charge on any atom is -0.346 e. The van der Waals surface area contributed by atoms with Gasteiger partial charge in [-0.3, -0.25) is 9.78 Å². The molecule has 1 N–H and O–H groups in total. The van der Waals surface area contributed by atoms with E-state index in [0.29, 0.717) is 5.02 Å². The van der Waals surface area contributed by atoms with Crippen molar-refractivity contribution in [2.75, 3.05) is 0 Å². The fourth-order valence-electron chi connectivity index (χ4n) is 1.64. The summed E-state index contributed by atoms with van der Waals surface area (Å²) in [6, 6.07) is 9.38. The first-order valence-corrected chi connectivity index (χ1v) is 6.10. The third-order valence-corrected chi connectivity index (χ3v) is 2.78. The third kappa shape index (κ3) is 3.51. The first kappa shape index (κ1) is 13.5. The zero-order chi connectivity index (χ0) is 13.8. The maximum absolute atomic E-state index is 13.5. The lowest BCUT2D eigenvalue weighted by Gasteiger charge is -2.06. The number of amides is 1. The number of carbonyl (C=O) groups excluding carboxylic acids is 1. The smallest absolute Gasteiger partial charge is 0.254 e. The van der Waals surface area contributed by atoms with Crippen molar-refractivity contribution in [2.45, 2.75) is 13.5 Å². The number of carbonyl (C=O) groups is 1. The van der Waals surface area contributed by atoms with Crippen molar-refractivity contribution in [1.82, 2.24) is 10.3 Å². The molecule has 2 aromatic rings. The Morgan fingerprint density at radius 1 is 1.37 bits per heavy atom. The van der Waals surface area contributed by atoms with Crippen LogP contribution < -0.4 is 5.32 Å². The van der Waals surface area contributed by atoms with E-state index in [0.717, 1.165) is 11.4 Å². The van der Waals surface area contributed by atoms with Crippen molar-refractivity contribution in [1.29, 1.82) is 0 Å². The molecule has 1 aromatic heterocycles. The van der Waals surface area contributed by atoms with Gasteiger partial charge >= 0.3 is 0 Å². The van der Waals surface area contributed by atoms with Gasteiger partial charge in [0.25, 0.3) is 5.91 Å². The van der Waals surface area contributed by atoms with Crippen molar-refractivity contribution in [3.05, 3.63) is 64.2 Å². The van der Waals surface area contributed by atoms with Crippen LogP contribution in [-0.4, -0.2) is 10.9 Å². The van der Waals surface area contributed by atoms with E-state index in [-0.39, 0.29) is 12.1 Å². The van der Waals surface area contributed by atoms with E-state index < -0.39 is 11.7 Å². The molecular weight excluding hydrogens is 267 g/mol. The molecule has 0 bridgehead atoms. The van der Waals surface area contributed by atoms with Crippen molar-refractivity contribution in [3.63, 3.8) is 0 Å². The first-order chi connectivity index (χ1) is 9.06. The van der Waals surface area contributed by atoms with Crippen LogP contribution in [0.1, 0.15) is 21.7 Å². The molecule has 1 amide bonds. The van der Waals surface area contributed by atoms with E-state index in [9.17, 15) is 9.18 Å². The number of aromatic nitrogens is 1. The average molecular weight is 279 g/mol. The fraction of sp³-hybridized carbons (Fsp3) is 0.143. The summed E-state index contributed by atoms with van der Waals surface area (Å²) in [5.74, 6) is -1.11. The maximum atomic E-state index is 13.5. The van der Waals surface area contributed by atoms with Gasteiger partial charge in [-0.1, -0.05) is 17.7 Å². The van der Waals surface area contributed by atoms with Gasteiger partial charge in [0.05, 0.1) is 17.8 Å². The molecule has 0 fully saturated rings. The number of rotatable bonds is 3. The molecule has 1 aromatic carbocycles. The summed E-state index contributed by atoms with van der Waals surface area (Å²) in [4.78, 5) is 16.1. The Bertz CT molecular complexity index is 616. The summed E-state index contributed by atoms with van der Waals surface area (Å²) in [5.41, 5.74) is 1.51. The number of nitrogens with one attached hydrogen (secondary N) is 1. The van der Waals surface area contributed by atoms with Gasteiger partial charge in [0.2, 0.25) is 0 Å². The molecular formula is C14H12ClFN2O. The standard InChI is InChI=1S/C14H12ClFN2O/c1-9-3-2-4-11(18-9)8-17-14(19)12-7-10(15)5-6-13(12)16/h2-7H,8H2,1H3,(H,17,19). The summed E-state index contributed by atoms with van der Waals surface area (Å²) >= 11 is 5.74. The number of aryl methyl sites for hydroxylation is 1. The highest BCUT2D eigenvalue weighted by Gasteiger charge is 2.12. The minimum atomic E-state index is -0.598. The molecule has 0 atom stereocenters. The van der Waals surface area contributed by atoms with Crippen molar-refractivity contribution in [2.24, 2.45) is 0 Å². The van der Waals surface area contributed by atoms with E-state index in [1.165, 1.54) is 18.2 Å². The molecule has 5 heteroatoms. The van der Waals surface area contributed by atoms with Crippen molar-refractivity contribution >= 4 is 17.5 Å². The van der Waals surface area contributed by atoms with E-state index in [4.69, 9.17) is 11.6 Å². The Labute approximate surface area is 115 Å². The number of benzene rings is 1. The Kier molecular flexibility index (Phi) is 4.12. The second kappa shape index (κ2) is 5.80. The molecule has 2 rings (SSSR count).